The first-order chi connectivity index (χ1) is 14.7. The van der Waals surface area contributed by atoms with Crippen LogP contribution in [0, 0.1) is 6.92 Å². The minimum atomic E-state index is -0.470. The van der Waals surface area contributed by atoms with Gasteiger partial charge in [-0.05, 0) is 36.8 Å². The Labute approximate surface area is 174 Å². The third kappa shape index (κ3) is 3.59. The molecule has 3 aliphatic rings. The normalized spacial score (nSPS) is 20.6. The van der Waals surface area contributed by atoms with E-state index in [2.05, 4.69) is 44.2 Å². The van der Waals surface area contributed by atoms with Crippen LogP contribution in [0.3, 0.4) is 0 Å². The third-order valence-corrected chi connectivity index (χ3v) is 5.17. The monoisotopic (exact) mass is 408 g/mol. The lowest BCUT2D eigenvalue weighted by atomic mass is 10.2. The van der Waals surface area contributed by atoms with E-state index in [1.807, 2.05) is 30.3 Å². The minimum absolute atomic E-state index is 0.233. The summed E-state index contributed by atoms with van der Waals surface area (Å²) in [7, 11) is 0. The van der Waals surface area contributed by atoms with Gasteiger partial charge >= 0.3 is 0 Å². The van der Waals surface area contributed by atoms with Crippen molar-refractivity contribution in [1.82, 2.24) is 4.90 Å². The van der Waals surface area contributed by atoms with E-state index in [1.54, 1.807) is 0 Å². The number of benzene rings is 2. The van der Waals surface area contributed by atoms with Gasteiger partial charge < -0.3 is 30.2 Å². The van der Waals surface area contributed by atoms with Crippen molar-refractivity contribution in [3.05, 3.63) is 48.0 Å². The van der Waals surface area contributed by atoms with Gasteiger partial charge in [-0.3, -0.25) is 4.90 Å². The number of hydrogen-bond donors (Lipinski definition) is 2. The molecule has 0 radical (unpaired) electrons. The molecule has 1 atom stereocenters. The van der Waals surface area contributed by atoms with Crippen molar-refractivity contribution >= 4 is 23.3 Å². The molecule has 1 unspecified atom stereocenters. The molecule has 156 valence electrons. The molecular weight excluding hydrogens is 384 g/mol. The average molecular weight is 408 g/mol. The third-order valence-electron chi connectivity index (χ3n) is 5.17. The second kappa shape index (κ2) is 7.75. The molecular formula is C21H24N6O3. The average Bonchev–Trinajstić information content (AvgIpc) is 3.22. The molecule has 0 bridgehead atoms. The van der Waals surface area contributed by atoms with Crippen LogP contribution in [0.1, 0.15) is 5.56 Å². The predicted molar refractivity (Wildman–Crippen MR) is 115 cm³/mol. The molecule has 2 aromatic rings. The highest BCUT2D eigenvalue weighted by molar-refractivity contribution is 6.06. The van der Waals surface area contributed by atoms with Crippen molar-refractivity contribution < 1.29 is 14.2 Å². The second-order valence-electron chi connectivity index (χ2n) is 7.29. The fourth-order valence-corrected chi connectivity index (χ4v) is 3.73. The summed E-state index contributed by atoms with van der Waals surface area (Å²) < 4.78 is 16.5. The Balaban J connectivity index is 1.51. The number of aliphatic imine (C=N–C) groups is 2. The van der Waals surface area contributed by atoms with E-state index in [9.17, 15) is 0 Å². The Hall–Kier alpha value is -3.46. The number of nitrogens with two attached hydrogens (primary N) is 1. The molecule has 3 N–H and O–H groups in total. The number of hydrogen-bond acceptors (Lipinski definition) is 9. The molecule has 3 aliphatic heterocycles. The van der Waals surface area contributed by atoms with Crippen LogP contribution in [0.2, 0.25) is 0 Å². The van der Waals surface area contributed by atoms with E-state index < -0.39 is 6.29 Å². The maximum atomic E-state index is 6.13. The molecule has 5 rings (SSSR count). The fraction of sp³-hybridized carbons (Fsp3) is 0.333. The quantitative estimate of drug-likeness (QED) is 0.801. The van der Waals surface area contributed by atoms with Crippen molar-refractivity contribution in [1.29, 1.82) is 0 Å². The Bertz CT molecular complexity index is 1000. The summed E-state index contributed by atoms with van der Waals surface area (Å²) in [6.07, 6.45) is -0.470. The number of rotatable bonds is 3. The van der Waals surface area contributed by atoms with Gasteiger partial charge in [0.15, 0.2) is 11.5 Å². The highest BCUT2D eigenvalue weighted by Crippen LogP contribution is 2.35. The Kier molecular flexibility index (Phi) is 4.80. The lowest BCUT2D eigenvalue weighted by molar-refractivity contribution is 0.0671. The van der Waals surface area contributed by atoms with Gasteiger partial charge in [0.1, 0.15) is 0 Å². The first-order valence-electron chi connectivity index (χ1n) is 9.94. The Morgan fingerprint density at radius 2 is 1.90 bits per heavy atom. The van der Waals surface area contributed by atoms with E-state index in [0.717, 1.165) is 41.7 Å². The minimum Gasteiger partial charge on any atom is -0.454 e. The summed E-state index contributed by atoms with van der Waals surface area (Å²) in [4.78, 5) is 13.4. The smallest absolute Gasteiger partial charge is 0.231 e. The first-order valence-corrected chi connectivity index (χ1v) is 9.94. The van der Waals surface area contributed by atoms with Gasteiger partial charge in [0.25, 0.3) is 0 Å². The molecule has 1 fully saturated rings. The van der Waals surface area contributed by atoms with Gasteiger partial charge in [-0.25, -0.2) is 4.99 Å². The Morgan fingerprint density at radius 1 is 1.07 bits per heavy atom. The molecule has 9 heteroatoms. The van der Waals surface area contributed by atoms with E-state index in [0.29, 0.717) is 19.0 Å². The van der Waals surface area contributed by atoms with Crippen LogP contribution in [0.5, 0.6) is 11.5 Å². The number of nitrogens with zero attached hydrogens (tertiary/aromatic N) is 4. The number of anilines is 2. The summed E-state index contributed by atoms with van der Waals surface area (Å²) in [5.41, 5.74) is 9.11. The molecule has 1 saturated heterocycles. The van der Waals surface area contributed by atoms with Crippen molar-refractivity contribution in [2.75, 3.05) is 43.3 Å². The summed E-state index contributed by atoms with van der Waals surface area (Å²) in [5.74, 6) is 2.43. The number of guanidine groups is 2. The van der Waals surface area contributed by atoms with Crippen LogP contribution in [-0.2, 0) is 4.74 Å². The highest BCUT2D eigenvalue weighted by atomic mass is 16.7. The molecule has 30 heavy (non-hydrogen) atoms. The van der Waals surface area contributed by atoms with E-state index in [1.165, 1.54) is 0 Å². The molecule has 0 amide bonds. The molecule has 9 nitrogen and oxygen atoms in total. The van der Waals surface area contributed by atoms with Crippen molar-refractivity contribution in [2.24, 2.45) is 15.7 Å². The van der Waals surface area contributed by atoms with Crippen LogP contribution in [-0.4, -0.2) is 56.2 Å². The molecule has 0 aromatic heterocycles. The van der Waals surface area contributed by atoms with Gasteiger partial charge in [0.05, 0.1) is 13.2 Å². The number of morpholine rings is 1. The largest absolute Gasteiger partial charge is 0.454 e. The van der Waals surface area contributed by atoms with Crippen molar-refractivity contribution in [3.63, 3.8) is 0 Å². The number of aryl methyl sites for hydroxylation is 1. The van der Waals surface area contributed by atoms with Gasteiger partial charge in [0.2, 0.25) is 25.0 Å². The van der Waals surface area contributed by atoms with Gasteiger partial charge in [-0.2, -0.15) is 4.99 Å². The van der Waals surface area contributed by atoms with E-state index >= 15 is 0 Å². The molecule has 3 heterocycles. The summed E-state index contributed by atoms with van der Waals surface area (Å²) in [5, 5.41) is 3.46. The zero-order valence-electron chi connectivity index (χ0n) is 16.7. The zero-order valence-corrected chi connectivity index (χ0v) is 16.7. The number of fused-ring (bicyclic) bond motifs is 1. The molecule has 0 aliphatic carbocycles. The standard InChI is InChI=1S/C21H24N6O3/c1-14-3-2-4-16(11-14)27-20(23-15-5-6-17-18(12-15)30-13-29-17)24-19(22)25-21(27)26-7-9-28-10-8-26/h2-6,11-12,20,23H,7-10,13H2,1H3,(H2,22,24). The SMILES string of the molecule is Cc1cccc(N2C(N3CCOCC3)=NC(N)=NC2Nc2ccc3c(c2)OCO3)c1. The topological polar surface area (TPSA) is 96.9 Å². The summed E-state index contributed by atoms with van der Waals surface area (Å²) in [6, 6.07) is 14.0. The van der Waals surface area contributed by atoms with Crippen LogP contribution < -0.4 is 25.4 Å². The van der Waals surface area contributed by atoms with Crippen LogP contribution in [0.15, 0.2) is 52.4 Å². The lowest BCUT2D eigenvalue weighted by Crippen LogP contribution is -2.57. The van der Waals surface area contributed by atoms with Crippen molar-refractivity contribution in [2.45, 2.75) is 13.2 Å². The highest BCUT2D eigenvalue weighted by Gasteiger charge is 2.32. The number of nitrogens with one attached hydrogen (secondary N) is 1. The second-order valence-corrected chi connectivity index (χ2v) is 7.29. The van der Waals surface area contributed by atoms with Crippen LogP contribution in [0.4, 0.5) is 11.4 Å². The summed E-state index contributed by atoms with van der Waals surface area (Å²) >= 11 is 0. The molecule has 0 spiro atoms. The zero-order chi connectivity index (χ0) is 20.5. The Morgan fingerprint density at radius 3 is 2.73 bits per heavy atom. The maximum absolute atomic E-state index is 6.13. The molecule has 2 aromatic carbocycles. The van der Waals surface area contributed by atoms with E-state index in [4.69, 9.17) is 19.9 Å². The fourth-order valence-electron chi connectivity index (χ4n) is 3.73. The van der Waals surface area contributed by atoms with Crippen molar-refractivity contribution in [3.8, 4) is 11.5 Å². The van der Waals surface area contributed by atoms with Crippen LogP contribution in [0.25, 0.3) is 0 Å². The molecule has 0 saturated carbocycles. The lowest BCUT2D eigenvalue weighted by Gasteiger charge is -2.41. The van der Waals surface area contributed by atoms with Crippen LogP contribution >= 0.6 is 0 Å². The van der Waals surface area contributed by atoms with Gasteiger partial charge in [-0.1, -0.05) is 12.1 Å². The van der Waals surface area contributed by atoms with Gasteiger partial charge in [-0.15, -0.1) is 0 Å². The maximum Gasteiger partial charge on any atom is 0.231 e. The number of ether oxygens (including phenoxy) is 3. The first kappa shape index (κ1) is 18.6. The van der Waals surface area contributed by atoms with E-state index in [-0.39, 0.29) is 12.8 Å². The summed E-state index contributed by atoms with van der Waals surface area (Å²) in [6.45, 7) is 5.08. The van der Waals surface area contributed by atoms with Gasteiger partial charge in [0, 0.05) is 30.5 Å². The predicted octanol–water partition coefficient (Wildman–Crippen LogP) is 1.94.